The number of halogens is 1. The molecule has 28 heavy (non-hydrogen) atoms. The maximum absolute atomic E-state index is 13.1. The SMILES string of the molecule is C#CCN(Cc1ccc(F)cc1)Cc1nc(-c2ccc(OC)cc2OC)no1. The van der Waals surface area contributed by atoms with Gasteiger partial charge in [0.05, 0.1) is 32.9 Å². The standard InChI is InChI=1S/C21H20FN3O3/c1-4-11-25(13-15-5-7-16(22)8-6-15)14-20-23-21(24-28-20)18-10-9-17(26-2)12-19(18)27-3/h1,5-10,12H,11,13-14H2,2-3H3. The van der Waals surface area contributed by atoms with E-state index in [4.69, 9.17) is 20.4 Å². The summed E-state index contributed by atoms with van der Waals surface area (Å²) in [7, 11) is 3.15. The Hall–Kier alpha value is -3.37. The molecule has 6 nitrogen and oxygen atoms in total. The largest absolute Gasteiger partial charge is 0.497 e. The fourth-order valence-electron chi connectivity index (χ4n) is 2.75. The molecule has 0 aliphatic carbocycles. The molecule has 0 aliphatic heterocycles. The van der Waals surface area contributed by atoms with Gasteiger partial charge in [0.1, 0.15) is 17.3 Å². The summed E-state index contributed by atoms with van der Waals surface area (Å²) in [5.41, 5.74) is 1.63. The number of benzene rings is 2. The Morgan fingerprint density at radius 3 is 2.57 bits per heavy atom. The van der Waals surface area contributed by atoms with Gasteiger partial charge < -0.3 is 14.0 Å². The molecule has 0 unspecified atom stereocenters. The van der Waals surface area contributed by atoms with Crippen LogP contribution in [0.2, 0.25) is 0 Å². The zero-order chi connectivity index (χ0) is 19.9. The number of terminal acetylenes is 1. The number of nitrogens with zero attached hydrogens (tertiary/aromatic N) is 3. The molecule has 7 heteroatoms. The van der Waals surface area contributed by atoms with Gasteiger partial charge >= 0.3 is 0 Å². The molecule has 0 saturated heterocycles. The second-order valence-electron chi connectivity index (χ2n) is 6.05. The van der Waals surface area contributed by atoms with Crippen molar-refractivity contribution in [2.24, 2.45) is 0 Å². The van der Waals surface area contributed by atoms with Crippen molar-refractivity contribution in [1.82, 2.24) is 15.0 Å². The van der Waals surface area contributed by atoms with Gasteiger partial charge in [0.25, 0.3) is 0 Å². The van der Waals surface area contributed by atoms with Crippen molar-refractivity contribution in [2.75, 3.05) is 20.8 Å². The first-order valence-corrected chi connectivity index (χ1v) is 8.58. The van der Waals surface area contributed by atoms with Gasteiger partial charge in [0.15, 0.2) is 0 Å². The highest BCUT2D eigenvalue weighted by Gasteiger charge is 2.16. The summed E-state index contributed by atoms with van der Waals surface area (Å²) in [6.45, 7) is 1.29. The molecule has 0 amide bonds. The van der Waals surface area contributed by atoms with Crippen LogP contribution in [0, 0.1) is 18.2 Å². The van der Waals surface area contributed by atoms with Crippen LogP contribution in [0.3, 0.4) is 0 Å². The molecular weight excluding hydrogens is 361 g/mol. The predicted octanol–water partition coefficient (Wildman–Crippen LogP) is 3.53. The van der Waals surface area contributed by atoms with E-state index in [2.05, 4.69) is 16.1 Å². The average molecular weight is 381 g/mol. The minimum absolute atomic E-state index is 0.276. The van der Waals surface area contributed by atoms with Crippen LogP contribution in [0.4, 0.5) is 4.39 Å². The van der Waals surface area contributed by atoms with E-state index in [1.165, 1.54) is 12.1 Å². The molecule has 0 fully saturated rings. The van der Waals surface area contributed by atoms with Gasteiger partial charge in [-0.15, -0.1) is 6.42 Å². The Morgan fingerprint density at radius 1 is 1.11 bits per heavy atom. The zero-order valence-corrected chi connectivity index (χ0v) is 15.7. The molecule has 3 rings (SSSR count). The lowest BCUT2D eigenvalue weighted by atomic mass is 10.2. The van der Waals surface area contributed by atoms with Crippen molar-refractivity contribution < 1.29 is 18.4 Å². The van der Waals surface area contributed by atoms with E-state index in [0.29, 0.717) is 48.4 Å². The first kappa shape index (κ1) is 19.4. The van der Waals surface area contributed by atoms with Gasteiger partial charge in [-0.1, -0.05) is 23.2 Å². The lowest BCUT2D eigenvalue weighted by molar-refractivity contribution is 0.242. The molecular formula is C21H20FN3O3. The number of rotatable bonds is 8. The van der Waals surface area contributed by atoms with Crippen LogP contribution in [-0.2, 0) is 13.1 Å². The summed E-state index contributed by atoms with van der Waals surface area (Å²) >= 11 is 0. The Bertz CT molecular complexity index is 964. The molecule has 1 aromatic heterocycles. The predicted molar refractivity (Wildman–Crippen MR) is 102 cm³/mol. The molecule has 0 radical (unpaired) electrons. The lowest BCUT2D eigenvalue weighted by Gasteiger charge is -2.17. The van der Waals surface area contributed by atoms with Crippen molar-refractivity contribution in [2.45, 2.75) is 13.1 Å². The molecule has 144 valence electrons. The first-order valence-electron chi connectivity index (χ1n) is 8.58. The van der Waals surface area contributed by atoms with Crippen LogP contribution >= 0.6 is 0 Å². The summed E-state index contributed by atoms with van der Waals surface area (Å²) in [5.74, 6) is 4.43. The Labute approximate surface area is 162 Å². The first-order chi connectivity index (χ1) is 13.6. The zero-order valence-electron chi connectivity index (χ0n) is 15.7. The quantitative estimate of drug-likeness (QED) is 0.557. The van der Waals surface area contributed by atoms with E-state index < -0.39 is 0 Å². The average Bonchev–Trinajstić information content (AvgIpc) is 3.17. The summed E-state index contributed by atoms with van der Waals surface area (Å²) < 4.78 is 29.1. The molecule has 0 N–H and O–H groups in total. The van der Waals surface area contributed by atoms with Gasteiger partial charge in [-0.05, 0) is 29.8 Å². The lowest BCUT2D eigenvalue weighted by Crippen LogP contribution is -2.23. The number of hydrogen-bond acceptors (Lipinski definition) is 6. The molecule has 0 aliphatic rings. The van der Waals surface area contributed by atoms with Crippen molar-refractivity contribution in [3.05, 3.63) is 59.7 Å². The van der Waals surface area contributed by atoms with E-state index >= 15 is 0 Å². The van der Waals surface area contributed by atoms with Gasteiger partial charge in [0, 0.05) is 12.6 Å². The third-order valence-electron chi connectivity index (χ3n) is 4.11. The number of ether oxygens (including phenoxy) is 2. The Kier molecular flexibility index (Phi) is 6.25. The van der Waals surface area contributed by atoms with Gasteiger partial charge in [-0.2, -0.15) is 4.98 Å². The van der Waals surface area contributed by atoms with E-state index in [0.717, 1.165) is 5.56 Å². The fraction of sp³-hybridized carbons (Fsp3) is 0.238. The smallest absolute Gasteiger partial charge is 0.241 e. The van der Waals surface area contributed by atoms with Gasteiger partial charge in [-0.25, -0.2) is 4.39 Å². The third kappa shape index (κ3) is 4.67. The van der Waals surface area contributed by atoms with Crippen LogP contribution in [0.15, 0.2) is 47.0 Å². The fourth-order valence-corrected chi connectivity index (χ4v) is 2.75. The van der Waals surface area contributed by atoms with Crippen LogP contribution in [0.1, 0.15) is 11.5 Å². The summed E-state index contributed by atoms with van der Waals surface area (Å²) in [5, 5.41) is 4.05. The van der Waals surface area contributed by atoms with Crippen LogP contribution < -0.4 is 9.47 Å². The van der Waals surface area contributed by atoms with Crippen LogP contribution in [0.25, 0.3) is 11.4 Å². The molecule has 3 aromatic rings. The van der Waals surface area contributed by atoms with Gasteiger partial charge in [-0.3, -0.25) is 4.90 Å². The van der Waals surface area contributed by atoms with E-state index in [-0.39, 0.29) is 5.82 Å². The summed E-state index contributed by atoms with van der Waals surface area (Å²) in [6.07, 6.45) is 5.48. The maximum Gasteiger partial charge on any atom is 0.241 e. The van der Waals surface area contributed by atoms with Crippen LogP contribution in [0.5, 0.6) is 11.5 Å². The van der Waals surface area contributed by atoms with Gasteiger partial charge in [0.2, 0.25) is 11.7 Å². The molecule has 0 atom stereocenters. The summed E-state index contributed by atoms with van der Waals surface area (Å²) in [4.78, 5) is 6.41. The monoisotopic (exact) mass is 381 g/mol. The van der Waals surface area contributed by atoms with Crippen molar-refractivity contribution in [3.63, 3.8) is 0 Å². The highest BCUT2D eigenvalue weighted by molar-refractivity contribution is 5.65. The molecule has 1 heterocycles. The second-order valence-corrected chi connectivity index (χ2v) is 6.05. The number of hydrogen-bond donors (Lipinski definition) is 0. The molecule has 0 spiro atoms. The summed E-state index contributed by atoms with van der Waals surface area (Å²) in [6, 6.07) is 11.6. The number of aromatic nitrogens is 2. The maximum atomic E-state index is 13.1. The number of methoxy groups -OCH3 is 2. The second kappa shape index (κ2) is 9.02. The van der Waals surface area contributed by atoms with Crippen molar-refractivity contribution in [1.29, 1.82) is 0 Å². The Balaban J connectivity index is 1.76. The minimum Gasteiger partial charge on any atom is -0.497 e. The minimum atomic E-state index is -0.276. The Morgan fingerprint density at radius 2 is 1.89 bits per heavy atom. The molecule has 2 aromatic carbocycles. The highest BCUT2D eigenvalue weighted by Crippen LogP contribution is 2.31. The highest BCUT2D eigenvalue weighted by atomic mass is 19.1. The van der Waals surface area contributed by atoms with E-state index in [1.807, 2.05) is 11.0 Å². The third-order valence-corrected chi connectivity index (χ3v) is 4.11. The normalized spacial score (nSPS) is 10.7. The van der Waals surface area contributed by atoms with E-state index in [1.54, 1.807) is 38.5 Å². The molecule has 0 bridgehead atoms. The molecule has 0 saturated carbocycles. The van der Waals surface area contributed by atoms with E-state index in [9.17, 15) is 4.39 Å². The van der Waals surface area contributed by atoms with Crippen molar-refractivity contribution >= 4 is 0 Å². The van der Waals surface area contributed by atoms with Crippen LogP contribution in [-0.4, -0.2) is 35.8 Å². The van der Waals surface area contributed by atoms with Crippen molar-refractivity contribution in [3.8, 4) is 35.2 Å². The topological polar surface area (TPSA) is 60.6 Å².